The number of aliphatic hydroxyl groups is 1. The molecule has 0 bridgehead atoms. The van der Waals surface area contributed by atoms with Gasteiger partial charge in [0.1, 0.15) is 0 Å². The average molecular weight is 285 g/mol. The van der Waals surface area contributed by atoms with Crippen LogP contribution in [-0.2, 0) is 4.79 Å². The van der Waals surface area contributed by atoms with Crippen molar-refractivity contribution in [2.24, 2.45) is 0 Å². The number of nitrogens with one attached hydrogen (secondary N) is 2. The lowest BCUT2D eigenvalue weighted by Gasteiger charge is -2.16. The second kappa shape index (κ2) is 6.37. The Bertz CT molecular complexity index is 589. The highest BCUT2D eigenvalue weighted by Crippen LogP contribution is 2.19. The first kappa shape index (κ1) is 15.0. The highest BCUT2D eigenvalue weighted by Gasteiger charge is 2.17. The van der Waals surface area contributed by atoms with Crippen LogP contribution < -0.4 is 10.6 Å². The summed E-state index contributed by atoms with van der Waals surface area (Å²) in [5.41, 5.74) is 1.56. The van der Waals surface area contributed by atoms with Gasteiger partial charge in [0.05, 0.1) is 12.0 Å². The number of rotatable bonds is 5. The molecule has 0 aliphatic heterocycles. The van der Waals surface area contributed by atoms with Crippen LogP contribution in [0.4, 0.5) is 17.1 Å². The summed E-state index contributed by atoms with van der Waals surface area (Å²) in [6, 6.07) is 11.1. The van der Waals surface area contributed by atoms with Gasteiger partial charge in [0, 0.05) is 29.5 Å². The Kier molecular flexibility index (Phi) is 4.55. The van der Waals surface area contributed by atoms with Crippen molar-refractivity contribution in [2.45, 2.75) is 25.9 Å². The van der Waals surface area contributed by atoms with Crippen LogP contribution in [0.25, 0.3) is 0 Å². The number of nitrogens with zero attached hydrogens (tertiary/aromatic N) is 1. The zero-order chi connectivity index (χ0) is 15.3. The van der Waals surface area contributed by atoms with Crippen molar-refractivity contribution < 1.29 is 9.90 Å². The largest absolute Gasteiger partial charge is 0.390 e. The van der Waals surface area contributed by atoms with E-state index in [1.807, 2.05) is 36.4 Å². The van der Waals surface area contributed by atoms with Crippen LogP contribution in [0.2, 0.25) is 0 Å². The topological polar surface area (TPSA) is 74.2 Å². The number of aromatic nitrogens is 1. The molecular formula is C16H19N3O2. The Balaban J connectivity index is 1.95. The number of pyridine rings is 1. The van der Waals surface area contributed by atoms with Gasteiger partial charge in [0.25, 0.3) is 0 Å². The van der Waals surface area contributed by atoms with Gasteiger partial charge in [-0.1, -0.05) is 0 Å². The molecule has 0 saturated carbocycles. The van der Waals surface area contributed by atoms with E-state index in [1.165, 1.54) is 0 Å². The SMILES string of the molecule is CC(C)(O)CC(=O)Nc1ccc(Nc2ccncc2)cc1. The lowest BCUT2D eigenvalue weighted by molar-refractivity contribution is -0.119. The fourth-order valence-electron chi connectivity index (χ4n) is 1.84. The summed E-state index contributed by atoms with van der Waals surface area (Å²) < 4.78 is 0. The summed E-state index contributed by atoms with van der Waals surface area (Å²) in [6.45, 7) is 3.21. The number of amides is 1. The van der Waals surface area contributed by atoms with Gasteiger partial charge in [-0.2, -0.15) is 0 Å². The molecule has 1 aromatic heterocycles. The van der Waals surface area contributed by atoms with Crippen molar-refractivity contribution in [2.75, 3.05) is 10.6 Å². The van der Waals surface area contributed by atoms with Crippen LogP contribution in [0.15, 0.2) is 48.8 Å². The maximum Gasteiger partial charge on any atom is 0.227 e. The lowest BCUT2D eigenvalue weighted by atomic mass is 10.1. The molecule has 0 aliphatic carbocycles. The predicted molar refractivity (Wildman–Crippen MR) is 83.5 cm³/mol. The fraction of sp³-hybridized carbons (Fsp3) is 0.250. The van der Waals surface area contributed by atoms with Gasteiger partial charge in [-0.25, -0.2) is 0 Å². The van der Waals surface area contributed by atoms with E-state index in [2.05, 4.69) is 15.6 Å². The maximum absolute atomic E-state index is 11.7. The lowest BCUT2D eigenvalue weighted by Crippen LogP contribution is -2.27. The zero-order valence-electron chi connectivity index (χ0n) is 12.1. The predicted octanol–water partition coefficient (Wildman–Crippen LogP) is 2.92. The third-order valence-corrected chi connectivity index (χ3v) is 2.73. The number of benzene rings is 1. The van der Waals surface area contributed by atoms with Gasteiger partial charge >= 0.3 is 0 Å². The Morgan fingerprint density at radius 3 is 2.14 bits per heavy atom. The Labute approximate surface area is 124 Å². The molecule has 5 heteroatoms. The number of anilines is 3. The van der Waals surface area contributed by atoms with Crippen LogP contribution in [0.5, 0.6) is 0 Å². The molecule has 5 nitrogen and oxygen atoms in total. The van der Waals surface area contributed by atoms with Crippen molar-refractivity contribution in [1.29, 1.82) is 0 Å². The van der Waals surface area contributed by atoms with E-state index >= 15 is 0 Å². The molecule has 0 unspecified atom stereocenters. The van der Waals surface area contributed by atoms with E-state index in [0.29, 0.717) is 5.69 Å². The maximum atomic E-state index is 11.7. The van der Waals surface area contributed by atoms with E-state index in [1.54, 1.807) is 26.2 Å². The van der Waals surface area contributed by atoms with Gasteiger partial charge in [-0.05, 0) is 50.2 Å². The highest BCUT2D eigenvalue weighted by atomic mass is 16.3. The van der Waals surface area contributed by atoms with Gasteiger partial charge in [-0.15, -0.1) is 0 Å². The zero-order valence-corrected chi connectivity index (χ0v) is 12.1. The third-order valence-electron chi connectivity index (χ3n) is 2.73. The molecule has 1 heterocycles. The Hall–Kier alpha value is -2.40. The minimum atomic E-state index is -1.01. The molecule has 21 heavy (non-hydrogen) atoms. The quantitative estimate of drug-likeness (QED) is 0.789. The third kappa shape index (κ3) is 5.24. The van der Waals surface area contributed by atoms with Crippen molar-refractivity contribution >= 4 is 23.0 Å². The van der Waals surface area contributed by atoms with Crippen molar-refractivity contribution in [1.82, 2.24) is 4.98 Å². The number of carbonyl (C=O) groups excluding carboxylic acids is 1. The second-order valence-electron chi connectivity index (χ2n) is 5.48. The van der Waals surface area contributed by atoms with E-state index in [-0.39, 0.29) is 12.3 Å². The van der Waals surface area contributed by atoms with E-state index in [4.69, 9.17) is 0 Å². The Morgan fingerprint density at radius 2 is 1.57 bits per heavy atom. The van der Waals surface area contributed by atoms with Crippen molar-refractivity contribution in [3.8, 4) is 0 Å². The van der Waals surface area contributed by atoms with Crippen LogP contribution in [-0.4, -0.2) is 21.6 Å². The average Bonchev–Trinajstić information content (AvgIpc) is 2.40. The smallest absolute Gasteiger partial charge is 0.227 e. The molecule has 0 atom stereocenters. The minimum Gasteiger partial charge on any atom is -0.390 e. The first-order valence-electron chi connectivity index (χ1n) is 6.72. The molecule has 110 valence electrons. The van der Waals surface area contributed by atoms with E-state index in [9.17, 15) is 9.90 Å². The van der Waals surface area contributed by atoms with E-state index in [0.717, 1.165) is 11.4 Å². The fourth-order valence-corrected chi connectivity index (χ4v) is 1.84. The summed E-state index contributed by atoms with van der Waals surface area (Å²) in [4.78, 5) is 15.7. The minimum absolute atomic E-state index is 0.0595. The van der Waals surface area contributed by atoms with Gasteiger partial charge in [0.2, 0.25) is 5.91 Å². The number of hydrogen-bond donors (Lipinski definition) is 3. The van der Waals surface area contributed by atoms with Crippen molar-refractivity contribution in [3.63, 3.8) is 0 Å². The summed E-state index contributed by atoms with van der Waals surface area (Å²) in [7, 11) is 0. The molecule has 3 N–H and O–H groups in total. The number of carbonyl (C=O) groups is 1. The van der Waals surface area contributed by atoms with Gasteiger partial charge < -0.3 is 15.7 Å². The molecule has 0 aliphatic rings. The van der Waals surface area contributed by atoms with Crippen LogP contribution in [0.3, 0.4) is 0 Å². The monoisotopic (exact) mass is 285 g/mol. The first-order valence-corrected chi connectivity index (χ1v) is 6.72. The van der Waals surface area contributed by atoms with Crippen LogP contribution >= 0.6 is 0 Å². The van der Waals surface area contributed by atoms with Crippen LogP contribution in [0.1, 0.15) is 20.3 Å². The Morgan fingerprint density at radius 1 is 1.05 bits per heavy atom. The van der Waals surface area contributed by atoms with E-state index < -0.39 is 5.60 Å². The molecule has 0 radical (unpaired) electrons. The summed E-state index contributed by atoms with van der Waals surface area (Å²) in [6.07, 6.45) is 3.49. The van der Waals surface area contributed by atoms with Gasteiger partial charge in [0.15, 0.2) is 0 Å². The molecule has 2 aromatic rings. The second-order valence-corrected chi connectivity index (χ2v) is 5.48. The molecule has 1 amide bonds. The van der Waals surface area contributed by atoms with Crippen LogP contribution in [0, 0.1) is 0 Å². The van der Waals surface area contributed by atoms with Gasteiger partial charge in [-0.3, -0.25) is 9.78 Å². The molecule has 0 spiro atoms. The summed E-state index contributed by atoms with van der Waals surface area (Å²) in [5.74, 6) is -0.211. The standard InChI is InChI=1S/C16H19N3O2/c1-16(2,21)11-15(20)19-13-5-3-12(4-6-13)18-14-7-9-17-10-8-14/h3-10,21H,11H2,1-2H3,(H,17,18)(H,19,20). The molecule has 1 aromatic carbocycles. The normalized spacial score (nSPS) is 11.0. The summed E-state index contributed by atoms with van der Waals surface area (Å²) in [5, 5.41) is 15.6. The highest BCUT2D eigenvalue weighted by molar-refractivity contribution is 5.91. The molecule has 0 saturated heterocycles. The molecule has 0 fully saturated rings. The molecule has 2 rings (SSSR count). The first-order chi connectivity index (χ1) is 9.92. The van der Waals surface area contributed by atoms with Crippen molar-refractivity contribution in [3.05, 3.63) is 48.8 Å². The number of hydrogen-bond acceptors (Lipinski definition) is 4. The summed E-state index contributed by atoms with van der Waals surface area (Å²) >= 11 is 0. The molecular weight excluding hydrogens is 266 g/mol.